The lowest BCUT2D eigenvalue weighted by atomic mass is 9.97. The van der Waals surface area contributed by atoms with Gasteiger partial charge in [-0.25, -0.2) is 0 Å². The summed E-state index contributed by atoms with van der Waals surface area (Å²) < 4.78 is 2.41. The average Bonchev–Trinajstić information content (AvgIpc) is 3.74. The van der Waals surface area contributed by atoms with Gasteiger partial charge in [-0.1, -0.05) is 206 Å². The fraction of sp³-hybridized carbons (Fsp3) is 0. The zero-order chi connectivity index (χ0) is 43.8. The Hall–Kier alpha value is -8.72. The van der Waals surface area contributed by atoms with Crippen molar-refractivity contribution >= 4 is 49.6 Å². The molecular weight excluding hydrogens is 797 g/mol. The second-order valence-electron chi connectivity index (χ2n) is 16.9. The summed E-state index contributed by atoms with van der Waals surface area (Å²) in [6.45, 7) is 0. The van der Waals surface area contributed by atoms with Crippen LogP contribution in [0, 0.1) is 0 Å². The van der Waals surface area contributed by atoms with Gasteiger partial charge in [-0.15, -0.1) is 0 Å². The molecular formula is C64H44N2. The van der Waals surface area contributed by atoms with Crippen LogP contribution in [-0.4, -0.2) is 4.57 Å². The highest BCUT2D eigenvalue weighted by Crippen LogP contribution is 2.40. The molecule has 0 spiro atoms. The molecule has 2 heteroatoms. The van der Waals surface area contributed by atoms with E-state index in [1.165, 1.54) is 93.9 Å². The molecule has 0 atom stereocenters. The number of benzene rings is 11. The molecule has 0 unspecified atom stereocenters. The van der Waals surface area contributed by atoms with E-state index in [1.54, 1.807) is 0 Å². The van der Waals surface area contributed by atoms with Crippen molar-refractivity contribution in [2.75, 3.05) is 4.90 Å². The summed E-state index contributed by atoms with van der Waals surface area (Å²) in [4.78, 5) is 2.36. The zero-order valence-corrected chi connectivity index (χ0v) is 36.3. The molecule has 2 nitrogen and oxygen atoms in total. The number of para-hydroxylation sites is 3. The minimum atomic E-state index is 1.09. The number of nitrogens with zero attached hydrogens (tertiary/aromatic N) is 2. The van der Waals surface area contributed by atoms with Gasteiger partial charge in [0.1, 0.15) is 0 Å². The van der Waals surface area contributed by atoms with Crippen LogP contribution >= 0.6 is 0 Å². The maximum absolute atomic E-state index is 2.41. The first kappa shape index (κ1) is 38.9. The smallest absolute Gasteiger partial charge is 0.0541 e. The van der Waals surface area contributed by atoms with Crippen molar-refractivity contribution in [3.05, 3.63) is 267 Å². The van der Waals surface area contributed by atoms with Gasteiger partial charge in [0.2, 0.25) is 0 Å². The average molecular weight is 841 g/mol. The number of anilines is 3. The number of hydrogen-bond donors (Lipinski definition) is 0. The van der Waals surface area contributed by atoms with Gasteiger partial charge >= 0.3 is 0 Å². The Balaban J connectivity index is 0.880. The Labute approximate surface area is 385 Å². The summed E-state index contributed by atoms with van der Waals surface area (Å²) in [6, 6.07) is 96.7. The molecule has 1 aromatic heterocycles. The first-order valence-corrected chi connectivity index (χ1v) is 22.7. The Kier molecular flexibility index (Phi) is 9.89. The molecule has 310 valence electrons. The second kappa shape index (κ2) is 16.8. The van der Waals surface area contributed by atoms with E-state index in [0.29, 0.717) is 0 Å². The second-order valence-corrected chi connectivity index (χ2v) is 16.9. The quantitative estimate of drug-likeness (QED) is 0.141. The largest absolute Gasteiger partial charge is 0.311 e. The molecule has 0 bridgehead atoms. The third-order valence-corrected chi connectivity index (χ3v) is 13.0. The third-order valence-electron chi connectivity index (χ3n) is 13.0. The van der Waals surface area contributed by atoms with Crippen LogP contribution in [0.1, 0.15) is 0 Å². The van der Waals surface area contributed by atoms with Crippen molar-refractivity contribution in [2.24, 2.45) is 0 Å². The van der Waals surface area contributed by atoms with Crippen molar-refractivity contribution in [1.82, 2.24) is 4.57 Å². The van der Waals surface area contributed by atoms with Gasteiger partial charge < -0.3 is 9.47 Å². The monoisotopic (exact) mass is 840 g/mol. The molecule has 1 heterocycles. The normalized spacial score (nSPS) is 11.3. The number of aromatic nitrogens is 1. The van der Waals surface area contributed by atoms with Gasteiger partial charge in [-0.05, 0) is 122 Å². The molecule has 0 amide bonds. The van der Waals surface area contributed by atoms with E-state index < -0.39 is 0 Å². The predicted octanol–water partition coefficient (Wildman–Crippen LogP) is 17.7. The van der Waals surface area contributed by atoms with Crippen LogP contribution in [0.3, 0.4) is 0 Å². The highest BCUT2D eigenvalue weighted by atomic mass is 15.1. The van der Waals surface area contributed by atoms with Gasteiger partial charge in [0, 0.05) is 33.4 Å². The molecule has 12 aromatic rings. The van der Waals surface area contributed by atoms with E-state index in [1.807, 2.05) is 0 Å². The Bertz CT molecular complexity index is 3600. The summed E-state index contributed by atoms with van der Waals surface area (Å²) in [5, 5.41) is 5.03. The fourth-order valence-electron chi connectivity index (χ4n) is 9.77. The van der Waals surface area contributed by atoms with Crippen molar-refractivity contribution in [2.45, 2.75) is 0 Å². The summed E-state index contributed by atoms with van der Waals surface area (Å²) in [5.41, 5.74) is 18.8. The van der Waals surface area contributed by atoms with Gasteiger partial charge in [0.15, 0.2) is 0 Å². The number of fused-ring (bicyclic) bond motifs is 4. The first-order valence-electron chi connectivity index (χ1n) is 22.7. The van der Waals surface area contributed by atoms with E-state index in [4.69, 9.17) is 0 Å². The molecule has 0 saturated carbocycles. The highest BCUT2D eigenvalue weighted by molar-refractivity contribution is 6.09. The van der Waals surface area contributed by atoms with Crippen molar-refractivity contribution in [3.63, 3.8) is 0 Å². The van der Waals surface area contributed by atoms with Crippen LogP contribution in [0.4, 0.5) is 17.1 Å². The Morgan fingerprint density at radius 3 is 1.24 bits per heavy atom. The van der Waals surface area contributed by atoms with Crippen LogP contribution in [0.2, 0.25) is 0 Å². The highest BCUT2D eigenvalue weighted by Gasteiger charge is 2.17. The molecule has 0 radical (unpaired) electrons. The summed E-state index contributed by atoms with van der Waals surface area (Å²) in [5.74, 6) is 0. The molecule has 0 saturated heterocycles. The van der Waals surface area contributed by atoms with Crippen molar-refractivity contribution in [3.8, 4) is 61.3 Å². The molecule has 12 rings (SSSR count). The molecule has 0 aliphatic carbocycles. The van der Waals surface area contributed by atoms with Gasteiger partial charge in [0.05, 0.1) is 16.7 Å². The van der Waals surface area contributed by atoms with Crippen molar-refractivity contribution in [1.29, 1.82) is 0 Å². The lowest BCUT2D eigenvalue weighted by Gasteiger charge is -2.26. The zero-order valence-electron chi connectivity index (χ0n) is 36.3. The summed E-state index contributed by atoms with van der Waals surface area (Å²) in [7, 11) is 0. The number of hydrogen-bond acceptors (Lipinski definition) is 1. The molecule has 11 aromatic carbocycles. The van der Waals surface area contributed by atoms with Gasteiger partial charge in [0.25, 0.3) is 0 Å². The minimum Gasteiger partial charge on any atom is -0.311 e. The predicted molar refractivity (Wildman–Crippen MR) is 280 cm³/mol. The van der Waals surface area contributed by atoms with Crippen LogP contribution in [-0.2, 0) is 0 Å². The van der Waals surface area contributed by atoms with Gasteiger partial charge in [-0.3, -0.25) is 0 Å². The van der Waals surface area contributed by atoms with Gasteiger partial charge in [-0.2, -0.15) is 0 Å². The van der Waals surface area contributed by atoms with E-state index in [2.05, 4.69) is 276 Å². The maximum atomic E-state index is 2.41. The fourth-order valence-corrected chi connectivity index (χ4v) is 9.77. The van der Waals surface area contributed by atoms with E-state index in [9.17, 15) is 0 Å². The lowest BCUT2D eigenvalue weighted by molar-refractivity contribution is 1.18. The van der Waals surface area contributed by atoms with Crippen LogP contribution < -0.4 is 4.90 Å². The molecule has 0 aliphatic rings. The molecule has 0 fully saturated rings. The van der Waals surface area contributed by atoms with Crippen molar-refractivity contribution < 1.29 is 0 Å². The lowest BCUT2D eigenvalue weighted by Crippen LogP contribution is -2.09. The summed E-state index contributed by atoms with van der Waals surface area (Å²) in [6.07, 6.45) is 0. The number of rotatable bonds is 9. The van der Waals surface area contributed by atoms with Crippen LogP contribution in [0.5, 0.6) is 0 Å². The molecule has 0 N–H and O–H groups in total. The first-order chi connectivity index (χ1) is 32.7. The SMILES string of the molecule is c1ccc(-c2cccc(-c3ccc(N(c4ccc(-c5ccc(-c6ccccc6-n6c7ccccc7c7ccccc76)cc5)cc4)c4ccc(-c5cccc6ccccc56)cc4)cc3)c2)cc1. The van der Waals surface area contributed by atoms with E-state index in [-0.39, 0.29) is 0 Å². The molecule has 0 aliphatic heterocycles. The topological polar surface area (TPSA) is 8.17 Å². The third kappa shape index (κ3) is 7.12. The standard InChI is InChI=1S/C64H44N2/c1-2-14-45(15-3-1)52-18-12-19-53(44-52)48-34-40-55(41-35-48)65(56-42-36-50(37-43-56)58-24-13-17-49-16-4-5-20-57(49)58)54-38-32-47(33-39-54)46-28-30-51(31-29-46)59-21-6-9-25-62(59)66-63-26-10-7-22-60(63)61-23-8-11-27-64(61)66/h1-44H. The van der Waals surface area contributed by atoms with E-state index >= 15 is 0 Å². The van der Waals surface area contributed by atoms with Crippen LogP contribution in [0.15, 0.2) is 267 Å². The Morgan fingerprint density at radius 2 is 0.621 bits per heavy atom. The molecule has 66 heavy (non-hydrogen) atoms. The van der Waals surface area contributed by atoms with Crippen LogP contribution in [0.25, 0.3) is 93.9 Å². The Morgan fingerprint density at radius 1 is 0.242 bits per heavy atom. The summed E-state index contributed by atoms with van der Waals surface area (Å²) >= 11 is 0. The van der Waals surface area contributed by atoms with E-state index in [0.717, 1.165) is 17.1 Å². The maximum Gasteiger partial charge on any atom is 0.0541 e. The minimum absolute atomic E-state index is 1.09.